The second kappa shape index (κ2) is 7.08. The normalized spacial score (nSPS) is 21.5. The van der Waals surface area contributed by atoms with Crippen molar-refractivity contribution in [1.29, 1.82) is 0 Å². The minimum absolute atomic E-state index is 0.150. The van der Waals surface area contributed by atoms with Crippen LogP contribution >= 0.6 is 0 Å². The van der Waals surface area contributed by atoms with Crippen LogP contribution < -0.4 is 10.6 Å². The highest BCUT2D eigenvalue weighted by Gasteiger charge is 2.40. The maximum Gasteiger partial charge on any atom is 0.244 e. The molecule has 1 saturated heterocycles. The smallest absolute Gasteiger partial charge is 0.244 e. The van der Waals surface area contributed by atoms with Crippen LogP contribution in [0.25, 0.3) is 0 Å². The van der Waals surface area contributed by atoms with Crippen LogP contribution in [-0.4, -0.2) is 18.0 Å². The van der Waals surface area contributed by atoms with Crippen molar-refractivity contribution in [2.45, 2.75) is 64.8 Å². The summed E-state index contributed by atoms with van der Waals surface area (Å²) in [5.74, 6) is 0.150. The molecule has 1 atom stereocenters. The second-order valence-electron chi connectivity index (χ2n) is 5.97. The molecule has 0 saturated carbocycles. The predicted molar refractivity (Wildman–Crippen MR) is 88.7 cm³/mol. The first kappa shape index (κ1) is 16.0. The topological polar surface area (TPSA) is 41.1 Å². The largest absolute Gasteiger partial charge is 0.324 e. The van der Waals surface area contributed by atoms with E-state index in [1.165, 1.54) is 11.1 Å². The molecule has 1 heterocycles. The van der Waals surface area contributed by atoms with Crippen LogP contribution in [0.4, 0.5) is 5.69 Å². The van der Waals surface area contributed by atoms with Gasteiger partial charge in [0, 0.05) is 5.69 Å². The molecular formula is C18H28N2O. The first-order valence-electron chi connectivity index (χ1n) is 8.34. The fourth-order valence-corrected chi connectivity index (χ4v) is 3.39. The lowest BCUT2D eigenvalue weighted by Gasteiger charge is -2.29. The van der Waals surface area contributed by atoms with E-state index in [1.54, 1.807) is 0 Å². The number of benzene rings is 1. The summed E-state index contributed by atoms with van der Waals surface area (Å²) in [6, 6.07) is 6.32. The molecular weight excluding hydrogens is 260 g/mol. The zero-order chi connectivity index (χ0) is 15.3. The third-order valence-corrected chi connectivity index (χ3v) is 4.59. The van der Waals surface area contributed by atoms with Crippen LogP contribution in [-0.2, 0) is 17.6 Å². The lowest BCUT2D eigenvalue weighted by molar-refractivity contribution is -0.122. The SMILES string of the molecule is CCCC1(C(=O)Nc2c(CC)cccc2CC)CCCN1. The number of hydrogen-bond acceptors (Lipinski definition) is 2. The maximum atomic E-state index is 12.9. The van der Waals surface area contributed by atoms with Crippen LogP contribution in [0.2, 0.25) is 0 Å². The second-order valence-corrected chi connectivity index (χ2v) is 5.97. The number of carbonyl (C=O) groups is 1. The van der Waals surface area contributed by atoms with Gasteiger partial charge in [-0.05, 0) is 49.8 Å². The van der Waals surface area contributed by atoms with Gasteiger partial charge in [-0.25, -0.2) is 0 Å². The zero-order valence-corrected chi connectivity index (χ0v) is 13.6. The fourth-order valence-electron chi connectivity index (χ4n) is 3.39. The van der Waals surface area contributed by atoms with E-state index in [1.807, 2.05) is 0 Å². The average molecular weight is 288 g/mol. The number of nitrogens with one attached hydrogen (secondary N) is 2. The van der Waals surface area contributed by atoms with Crippen LogP contribution in [0.1, 0.15) is 57.6 Å². The highest BCUT2D eigenvalue weighted by Crippen LogP contribution is 2.29. The highest BCUT2D eigenvalue weighted by molar-refractivity contribution is 5.99. The third kappa shape index (κ3) is 3.29. The number of anilines is 1. The Morgan fingerprint density at radius 2 is 1.90 bits per heavy atom. The monoisotopic (exact) mass is 288 g/mol. The summed E-state index contributed by atoms with van der Waals surface area (Å²) in [7, 11) is 0. The molecule has 1 aliphatic rings. The Hall–Kier alpha value is -1.35. The molecule has 1 aromatic rings. The van der Waals surface area contributed by atoms with Crippen molar-refractivity contribution < 1.29 is 4.79 Å². The summed E-state index contributed by atoms with van der Waals surface area (Å²) in [4.78, 5) is 12.9. The molecule has 0 spiro atoms. The number of para-hydroxylation sites is 1. The quantitative estimate of drug-likeness (QED) is 0.838. The molecule has 0 radical (unpaired) electrons. The van der Waals surface area contributed by atoms with Crippen molar-refractivity contribution in [2.75, 3.05) is 11.9 Å². The van der Waals surface area contributed by atoms with Gasteiger partial charge < -0.3 is 10.6 Å². The van der Waals surface area contributed by atoms with Gasteiger partial charge >= 0.3 is 0 Å². The van der Waals surface area contributed by atoms with Gasteiger partial charge in [-0.3, -0.25) is 4.79 Å². The molecule has 21 heavy (non-hydrogen) atoms. The van der Waals surface area contributed by atoms with Crippen molar-refractivity contribution in [3.05, 3.63) is 29.3 Å². The Bertz CT molecular complexity index is 468. The van der Waals surface area contributed by atoms with Gasteiger partial charge in [0.25, 0.3) is 0 Å². The lowest BCUT2D eigenvalue weighted by Crippen LogP contribution is -2.50. The molecule has 1 aromatic carbocycles. The standard InChI is InChI=1S/C18H28N2O/c1-4-11-18(12-8-13-19-18)17(21)20-16-14(5-2)9-7-10-15(16)6-3/h7,9-10,19H,4-6,8,11-13H2,1-3H3,(H,20,21). The Balaban J connectivity index is 2.26. The Morgan fingerprint density at radius 3 is 2.38 bits per heavy atom. The van der Waals surface area contributed by atoms with Gasteiger partial charge in [0.1, 0.15) is 0 Å². The van der Waals surface area contributed by atoms with Crippen LogP contribution in [0, 0.1) is 0 Å². The van der Waals surface area contributed by atoms with E-state index in [0.717, 1.165) is 50.8 Å². The number of hydrogen-bond donors (Lipinski definition) is 2. The predicted octanol–water partition coefficient (Wildman–Crippen LogP) is 3.67. The molecule has 1 aliphatic heterocycles. The third-order valence-electron chi connectivity index (χ3n) is 4.59. The number of rotatable bonds is 6. The summed E-state index contributed by atoms with van der Waals surface area (Å²) >= 11 is 0. The molecule has 1 fully saturated rings. The molecule has 2 N–H and O–H groups in total. The number of carbonyl (C=O) groups excluding carboxylic acids is 1. The summed E-state index contributed by atoms with van der Waals surface area (Å²) < 4.78 is 0. The van der Waals surface area contributed by atoms with Gasteiger partial charge in [-0.1, -0.05) is 45.4 Å². The van der Waals surface area contributed by atoms with Crippen molar-refractivity contribution in [3.8, 4) is 0 Å². The van der Waals surface area contributed by atoms with Crippen molar-refractivity contribution in [3.63, 3.8) is 0 Å². The van der Waals surface area contributed by atoms with E-state index in [4.69, 9.17) is 0 Å². The first-order chi connectivity index (χ1) is 10.2. The van der Waals surface area contributed by atoms with Crippen molar-refractivity contribution in [1.82, 2.24) is 5.32 Å². The maximum absolute atomic E-state index is 12.9. The van der Waals surface area contributed by atoms with Crippen LogP contribution in [0.5, 0.6) is 0 Å². The zero-order valence-electron chi connectivity index (χ0n) is 13.6. The van der Waals surface area contributed by atoms with Gasteiger partial charge in [0.2, 0.25) is 5.91 Å². The van der Waals surface area contributed by atoms with E-state index in [-0.39, 0.29) is 11.4 Å². The van der Waals surface area contributed by atoms with Crippen molar-refractivity contribution >= 4 is 11.6 Å². The number of aryl methyl sites for hydroxylation is 2. The molecule has 0 bridgehead atoms. The molecule has 0 aromatic heterocycles. The lowest BCUT2D eigenvalue weighted by atomic mass is 9.90. The summed E-state index contributed by atoms with van der Waals surface area (Å²) in [5.41, 5.74) is 3.14. The average Bonchev–Trinajstić information content (AvgIpc) is 2.97. The van der Waals surface area contributed by atoms with Crippen LogP contribution in [0.15, 0.2) is 18.2 Å². The molecule has 0 aliphatic carbocycles. The molecule has 2 rings (SSSR count). The molecule has 116 valence electrons. The van der Waals surface area contributed by atoms with E-state index >= 15 is 0 Å². The minimum atomic E-state index is -0.361. The molecule has 1 amide bonds. The first-order valence-corrected chi connectivity index (χ1v) is 8.34. The highest BCUT2D eigenvalue weighted by atomic mass is 16.2. The fraction of sp³-hybridized carbons (Fsp3) is 0.611. The van der Waals surface area contributed by atoms with Crippen molar-refractivity contribution in [2.24, 2.45) is 0 Å². The summed E-state index contributed by atoms with van der Waals surface area (Å²) in [6.07, 6.45) is 5.85. The minimum Gasteiger partial charge on any atom is -0.324 e. The summed E-state index contributed by atoms with van der Waals surface area (Å²) in [5, 5.41) is 6.70. The van der Waals surface area contributed by atoms with Gasteiger partial charge in [-0.15, -0.1) is 0 Å². The molecule has 3 nitrogen and oxygen atoms in total. The van der Waals surface area contributed by atoms with E-state index < -0.39 is 0 Å². The summed E-state index contributed by atoms with van der Waals surface area (Å²) in [6.45, 7) is 7.37. The van der Waals surface area contributed by atoms with Gasteiger partial charge in [-0.2, -0.15) is 0 Å². The Kier molecular flexibility index (Phi) is 5.40. The Labute approximate surface area is 128 Å². The van der Waals surface area contributed by atoms with Gasteiger partial charge in [0.05, 0.1) is 5.54 Å². The van der Waals surface area contributed by atoms with E-state index in [0.29, 0.717) is 0 Å². The van der Waals surface area contributed by atoms with E-state index in [9.17, 15) is 4.79 Å². The molecule has 1 unspecified atom stereocenters. The molecule has 3 heteroatoms. The van der Waals surface area contributed by atoms with Crippen LogP contribution in [0.3, 0.4) is 0 Å². The van der Waals surface area contributed by atoms with E-state index in [2.05, 4.69) is 49.6 Å². The Morgan fingerprint density at radius 1 is 1.24 bits per heavy atom. The van der Waals surface area contributed by atoms with Gasteiger partial charge in [0.15, 0.2) is 0 Å². The number of amides is 1.